The quantitative estimate of drug-likeness (QED) is 0.880. The zero-order valence-electron chi connectivity index (χ0n) is 13.5. The molecule has 4 rings (SSSR count). The maximum absolute atomic E-state index is 12.6. The third-order valence-electron chi connectivity index (χ3n) is 4.65. The van der Waals surface area contributed by atoms with Gasteiger partial charge in [-0.3, -0.25) is 4.79 Å². The Bertz CT molecular complexity index is 715. The van der Waals surface area contributed by atoms with Crippen LogP contribution in [0.25, 0.3) is 0 Å². The van der Waals surface area contributed by atoms with Gasteiger partial charge in [-0.1, -0.05) is 24.3 Å². The third-order valence-corrected chi connectivity index (χ3v) is 5.96. The van der Waals surface area contributed by atoms with E-state index in [9.17, 15) is 4.79 Å². The van der Waals surface area contributed by atoms with Crippen molar-refractivity contribution in [3.05, 3.63) is 54.1 Å². The van der Waals surface area contributed by atoms with Crippen LogP contribution in [-0.2, 0) is 11.2 Å². The van der Waals surface area contributed by atoms with Gasteiger partial charge in [0, 0.05) is 16.6 Å². The van der Waals surface area contributed by atoms with Crippen LogP contribution >= 0.6 is 11.8 Å². The minimum absolute atomic E-state index is 0.0539. The number of ether oxygens (including phenoxy) is 1. The second kappa shape index (κ2) is 6.89. The molecule has 0 saturated heterocycles. The SMILES string of the molecule is O=C(Nc1cccc(OC2CCCC2)c1)[C@@H]1Cc2ccccc2S1. The average Bonchev–Trinajstić information content (AvgIpc) is 3.24. The van der Waals surface area contributed by atoms with Crippen LogP contribution < -0.4 is 10.1 Å². The van der Waals surface area contributed by atoms with Crippen LogP contribution in [0.2, 0.25) is 0 Å². The van der Waals surface area contributed by atoms with E-state index in [1.54, 1.807) is 11.8 Å². The Labute approximate surface area is 146 Å². The Morgan fingerprint density at radius 2 is 1.92 bits per heavy atom. The van der Waals surface area contributed by atoms with Crippen LogP contribution in [0.3, 0.4) is 0 Å². The minimum Gasteiger partial charge on any atom is -0.490 e. The molecule has 0 spiro atoms. The van der Waals surface area contributed by atoms with Crippen LogP contribution in [0.4, 0.5) is 5.69 Å². The van der Waals surface area contributed by atoms with Gasteiger partial charge in [-0.25, -0.2) is 0 Å². The summed E-state index contributed by atoms with van der Waals surface area (Å²) in [6.45, 7) is 0. The summed E-state index contributed by atoms with van der Waals surface area (Å²) in [4.78, 5) is 13.8. The summed E-state index contributed by atoms with van der Waals surface area (Å²) >= 11 is 1.65. The molecule has 1 atom stereocenters. The first-order chi connectivity index (χ1) is 11.8. The molecule has 24 heavy (non-hydrogen) atoms. The summed E-state index contributed by atoms with van der Waals surface area (Å²) in [7, 11) is 0. The molecule has 2 aromatic rings. The molecule has 2 aliphatic rings. The van der Waals surface area contributed by atoms with Gasteiger partial charge in [0.2, 0.25) is 5.91 Å². The van der Waals surface area contributed by atoms with E-state index in [4.69, 9.17) is 4.74 Å². The van der Waals surface area contributed by atoms with Gasteiger partial charge in [-0.15, -0.1) is 11.8 Å². The Kier molecular flexibility index (Phi) is 4.48. The molecule has 0 unspecified atom stereocenters. The normalized spacial score (nSPS) is 19.9. The van der Waals surface area contributed by atoms with Gasteiger partial charge in [0.15, 0.2) is 0 Å². The summed E-state index contributed by atoms with van der Waals surface area (Å²) in [6, 6.07) is 16.0. The fourth-order valence-corrected chi connectivity index (χ4v) is 4.59. The molecular formula is C20H21NO2S. The van der Waals surface area contributed by atoms with E-state index >= 15 is 0 Å². The van der Waals surface area contributed by atoms with Gasteiger partial charge >= 0.3 is 0 Å². The molecule has 1 amide bonds. The highest BCUT2D eigenvalue weighted by Crippen LogP contribution is 2.37. The Morgan fingerprint density at radius 3 is 2.75 bits per heavy atom. The smallest absolute Gasteiger partial charge is 0.238 e. The van der Waals surface area contributed by atoms with E-state index in [-0.39, 0.29) is 11.2 Å². The molecule has 1 aliphatic carbocycles. The first kappa shape index (κ1) is 15.6. The van der Waals surface area contributed by atoms with Gasteiger partial charge < -0.3 is 10.1 Å². The Balaban J connectivity index is 1.39. The molecule has 0 aromatic heterocycles. The first-order valence-electron chi connectivity index (χ1n) is 8.60. The summed E-state index contributed by atoms with van der Waals surface area (Å²) < 4.78 is 6.02. The third kappa shape index (κ3) is 3.44. The van der Waals surface area contributed by atoms with E-state index in [0.29, 0.717) is 6.10 Å². The van der Waals surface area contributed by atoms with Crippen molar-refractivity contribution in [1.82, 2.24) is 0 Å². The van der Waals surface area contributed by atoms with Crippen LogP contribution in [0.1, 0.15) is 31.2 Å². The number of anilines is 1. The monoisotopic (exact) mass is 339 g/mol. The second-order valence-electron chi connectivity index (χ2n) is 6.46. The molecule has 1 saturated carbocycles. The van der Waals surface area contributed by atoms with Gasteiger partial charge in [-0.2, -0.15) is 0 Å². The average molecular weight is 339 g/mol. The van der Waals surface area contributed by atoms with Crippen molar-refractivity contribution in [1.29, 1.82) is 0 Å². The van der Waals surface area contributed by atoms with Crippen LogP contribution in [0.5, 0.6) is 5.75 Å². The summed E-state index contributed by atoms with van der Waals surface area (Å²) in [5.74, 6) is 0.913. The number of benzene rings is 2. The van der Waals surface area contributed by atoms with Gasteiger partial charge in [0.25, 0.3) is 0 Å². The summed E-state index contributed by atoms with van der Waals surface area (Å²) in [5.41, 5.74) is 2.08. The lowest BCUT2D eigenvalue weighted by atomic mass is 10.1. The summed E-state index contributed by atoms with van der Waals surface area (Å²) in [6.07, 6.45) is 5.89. The van der Waals surface area contributed by atoms with Crippen molar-refractivity contribution >= 4 is 23.4 Å². The van der Waals surface area contributed by atoms with E-state index in [1.165, 1.54) is 23.3 Å². The van der Waals surface area contributed by atoms with E-state index in [2.05, 4.69) is 17.4 Å². The molecule has 4 heteroatoms. The van der Waals surface area contributed by atoms with Crippen molar-refractivity contribution in [2.45, 2.75) is 48.4 Å². The Morgan fingerprint density at radius 1 is 1.08 bits per heavy atom. The predicted molar refractivity (Wildman–Crippen MR) is 97.7 cm³/mol. The van der Waals surface area contributed by atoms with Crippen molar-refractivity contribution in [3.8, 4) is 5.75 Å². The number of amides is 1. The lowest BCUT2D eigenvalue weighted by Gasteiger charge is -2.15. The van der Waals surface area contributed by atoms with E-state index < -0.39 is 0 Å². The number of hydrogen-bond donors (Lipinski definition) is 1. The Hall–Kier alpha value is -1.94. The first-order valence-corrected chi connectivity index (χ1v) is 9.48. The minimum atomic E-state index is -0.0539. The van der Waals surface area contributed by atoms with Crippen molar-refractivity contribution < 1.29 is 9.53 Å². The standard InChI is InChI=1S/C20H21NO2S/c22-20(19-12-14-6-1-4-11-18(14)24-19)21-15-7-5-10-17(13-15)23-16-8-2-3-9-16/h1,4-7,10-11,13,16,19H,2-3,8-9,12H2,(H,21,22)/t19-/m0/s1. The van der Waals surface area contributed by atoms with Gasteiger partial charge in [0.05, 0.1) is 11.4 Å². The molecule has 1 N–H and O–H groups in total. The predicted octanol–water partition coefficient (Wildman–Crippen LogP) is 4.66. The topological polar surface area (TPSA) is 38.3 Å². The van der Waals surface area contributed by atoms with E-state index in [0.717, 1.165) is 30.7 Å². The number of carbonyl (C=O) groups excluding carboxylic acids is 1. The highest BCUT2D eigenvalue weighted by molar-refractivity contribution is 8.01. The number of rotatable bonds is 4. The maximum Gasteiger partial charge on any atom is 0.238 e. The zero-order valence-corrected chi connectivity index (χ0v) is 14.4. The van der Waals surface area contributed by atoms with E-state index in [1.807, 2.05) is 36.4 Å². The molecule has 1 aliphatic heterocycles. The molecule has 0 bridgehead atoms. The van der Waals surface area contributed by atoms with Gasteiger partial charge in [0.1, 0.15) is 5.75 Å². The lowest BCUT2D eigenvalue weighted by molar-refractivity contribution is -0.115. The largest absolute Gasteiger partial charge is 0.490 e. The zero-order chi connectivity index (χ0) is 16.4. The van der Waals surface area contributed by atoms with Crippen LogP contribution in [0.15, 0.2) is 53.4 Å². The highest BCUT2D eigenvalue weighted by Gasteiger charge is 2.28. The fourth-order valence-electron chi connectivity index (χ4n) is 3.40. The summed E-state index contributed by atoms with van der Waals surface area (Å²) in [5, 5.41) is 2.99. The maximum atomic E-state index is 12.6. The number of carbonyl (C=O) groups is 1. The molecule has 0 radical (unpaired) electrons. The number of fused-ring (bicyclic) bond motifs is 1. The fraction of sp³-hybridized carbons (Fsp3) is 0.350. The molecule has 1 fully saturated rings. The van der Waals surface area contributed by atoms with Crippen molar-refractivity contribution in [3.63, 3.8) is 0 Å². The van der Waals surface area contributed by atoms with Crippen LogP contribution in [0, 0.1) is 0 Å². The molecule has 1 heterocycles. The molecule has 2 aromatic carbocycles. The van der Waals surface area contributed by atoms with Crippen molar-refractivity contribution in [2.24, 2.45) is 0 Å². The van der Waals surface area contributed by atoms with Gasteiger partial charge in [-0.05, 0) is 55.9 Å². The molecular weight excluding hydrogens is 318 g/mol. The number of thioether (sulfide) groups is 1. The molecule has 3 nitrogen and oxygen atoms in total. The molecule has 124 valence electrons. The van der Waals surface area contributed by atoms with Crippen molar-refractivity contribution in [2.75, 3.05) is 5.32 Å². The number of nitrogens with one attached hydrogen (secondary N) is 1. The second-order valence-corrected chi connectivity index (χ2v) is 7.70. The number of hydrogen-bond acceptors (Lipinski definition) is 3. The van der Waals surface area contributed by atoms with Crippen LogP contribution in [-0.4, -0.2) is 17.3 Å². The lowest BCUT2D eigenvalue weighted by Crippen LogP contribution is -2.24. The highest BCUT2D eigenvalue weighted by atomic mass is 32.2.